The van der Waals surface area contributed by atoms with Crippen LogP contribution >= 0.6 is 0 Å². The summed E-state index contributed by atoms with van der Waals surface area (Å²) in [6, 6.07) is 12.3. The zero-order valence-corrected chi connectivity index (χ0v) is 16.0. The molecule has 0 bridgehead atoms. The molecule has 0 unspecified atom stereocenters. The van der Waals surface area contributed by atoms with Gasteiger partial charge in [-0.25, -0.2) is 0 Å². The number of nitrogens with one attached hydrogen (secondary N) is 1. The lowest BCUT2D eigenvalue weighted by molar-refractivity contribution is -0.123. The highest BCUT2D eigenvalue weighted by Gasteiger charge is 2.51. The normalized spacial score (nSPS) is 15.7. The molecule has 3 rings (SSSR count). The molecule has 1 aromatic heterocycles. The van der Waals surface area contributed by atoms with Crippen LogP contribution in [0.1, 0.15) is 56.9 Å². The number of hydrogen-bond acceptors (Lipinski definition) is 3. The van der Waals surface area contributed by atoms with E-state index in [2.05, 4.69) is 50.4 Å². The summed E-state index contributed by atoms with van der Waals surface area (Å²) in [5, 5.41) is 3.08. The van der Waals surface area contributed by atoms with E-state index in [1.807, 2.05) is 12.1 Å². The van der Waals surface area contributed by atoms with Crippen molar-refractivity contribution < 1.29 is 13.9 Å². The Balaban J connectivity index is 1.44. The van der Waals surface area contributed by atoms with Crippen molar-refractivity contribution in [3.8, 4) is 0 Å². The van der Waals surface area contributed by atoms with Gasteiger partial charge >= 0.3 is 0 Å². The predicted molar refractivity (Wildman–Crippen MR) is 102 cm³/mol. The molecular weight excluding hydrogens is 326 g/mol. The van der Waals surface area contributed by atoms with Crippen LogP contribution in [0.4, 0.5) is 0 Å². The van der Waals surface area contributed by atoms with Gasteiger partial charge in [0.2, 0.25) is 5.91 Å². The number of furan rings is 1. The first-order valence-electron chi connectivity index (χ1n) is 9.41. The number of hydrogen-bond donors (Lipinski definition) is 1. The summed E-state index contributed by atoms with van der Waals surface area (Å²) in [6.45, 7) is 8.33. The zero-order chi connectivity index (χ0) is 18.6. The molecule has 26 heavy (non-hydrogen) atoms. The minimum Gasteiger partial charge on any atom is -0.467 e. The maximum atomic E-state index is 12.7. The molecule has 1 aliphatic carbocycles. The minimum absolute atomic E-state index is 0.132. The van der Waals surface area contributed by atoms with Crippen LogP contribution in [-0.4, -0.2) is 19.1 Å². The second-order valence-corrected chi connectivity index (χ2v) is 8.15. The molecule has 1 fully saturated rings. The van der Waals surface area contributed by atoms with E-state index in [0.29, 0.717) is 19.8 Å². The number of ether oxygens (including phenoxy) is 1. The van der Waals surface area contributed by atoms with E-state index >= 15 is 0 Å². The highest BCUT2D eigenvalue weighted by Crippen LogP contribution is 2.48. The maximum Gasteiger partial charge on any atom is 0.230 e. The van der Waals surface area contributed by atoms with Crippen molar-refractivity contribution in [3.63, 3.8) is 0 Å². The van der Waals surface area contributed by atoms with Crippen molar-refractivity contribution in [2.75, 3.05) is 13.2 Å². The molecule has 1 N–H and O–H groups in total. The first kappa shape index (κ1) is 18.7. The summed E-state index contributed by atoms with van der Waals surface area (Å²) in [6.07, 6.45) is 4.30. The van der Waals surface area contributed by atoms with E-state index in [0.717, 1.165) is 30.6 Å². The van der Waals surface area contributed by atoms with Gasteiger partial charge in [-0.3, -0.25) is 4.79 Å². The Kier molecular flexibility index (Phi) is 5.52. The van der Waals surface area contributed by atoms with Gasteiger partial charge in [-0.2, -0.15) is 0 Å². The fourth-order valence-corrected chi connectivity index (χ4v) is 3.17. The predicted octanol–water partition coefficient (Wildman–Crippen LogP) is 4.33. The van der Waals surface area contributed by atoms with Crippen LogP contribution in [0, 0.1) is 0 Å². The third-order valence-corrected chi connectivity index (χ3v) is 5.06. The van der Waals surface area contributed by atoms with Crippen LogP contribution < -0.4 is 5.32 Å². The Morgan fingerprint density at radius 2 is 1.92 bits per heavy atom. The number of carbonyl (C=O) groups excluding carboxylic acids is 1. The van der Waals surface area contributed by atoms with Crippen LogP contribution in [0.3, 0.4) is 0 Å². The highest BCUT2D eigenvalue weighted by molar-refractivity contribution is 5.91. The summed E-state index contributed by atoms with van der Waals surface area (Å²) < 4.78 is 10.8. The quantitative estimate of drug-likeness (QED) is 0.717. The van der Waals surface area contributed by atoms with Gasteiger partial charge in [-0.1, -0.05) is 45.0 Å². The summed E-state index contributed by atoms with van der Waals surface area (Å²) in [4.78, 5) is 12.7. The van der Waals surface area contributed by atoms with Crippen molar-refractivity contribution >= 4 is 5.91 Å². The summed E-state index contributed by atoms with van der Waals surface area (Å²) in [7, 11) is 0. The third kappa shape index (κ3) is 4.36. The van der Waals surface area contributed by atoms with Crippen molar-refractivity contribution in [2.24, 2.45) is 0 Å². The fourth-order valence-electron chi connectivity index (χ4n) is 3.17. The van der Waals surface area contributed by atoms with Crippen molar-refractivity contribution in [1.82, 2.24) is 5.32 Å². The standard InChI is InChI=1S/C22H29NO3/c1-21(2,3)17-7-9-18(10-8-17)22(11-12-22)20(24)23-13-5-14-25-16-19-6-4-15-26-19/h4,6-10,15H,5,11-14,16H2,1-3H3,(H,23,24). The van der Waals surface area contributed by atoms with Crippen LogP contribution in [0.5, 0.6) is 0 Å². The minimum atomic E-state index is -0.314. The van der Waals surface area contributed by atoms with Gasteiger partial charge in [-0.05, 0) is 47.9 Å². The van der Waals surface area contributed by atoms with Gasteiger partial charge < -0.3 is 14.5 Å². The Hall–Kier alpha value is -2.07. The van der Waals surface area contributed by atoms with Crippen LogP contribution in [-0.2, 0) is 27.0 Å². The Labute approximate surface area is 155 Å². The topological polar surface area (TPSA) is 51.5 Å². The number of carbonyl (C=O) groups is 1. The van der Waals surface area contributed by atoms with Crippen LogP contribution in [0.2, 0.25) is 0 Å². The maximum absolute atomic E-state index is 12.7. The Morgan fingerprint density at radius 1 is 1.19 bits per heavy atom. The highest BCUT2D eigenvalue weighted by atomic mass is 16.5. The molecule has 1 heterocycles. The molecule has 4 nitrogen and oxygen atoms in total. The molecule has 4 heteroatoms. The molecule has 2 aromatic rings. The average molecular weight is 355 g/mol. The first-order chi connectivity index (χ1) is 12.4. The van der Waals surface area contributed by atoms with Crippen LogP contribution in [0.15, 0.2) is 47.1 Å². The van der Waals surface area contributed by atoms with Gasteiger partial charge in [0.15, 0.2) is 0 Å². The fraction of sp³-hybridized carbons (Fsp3) is 0.500. The molecule has 1 aliphatic rings. The molecule has 140 valence electrons. The number of rotatable bonds is 8. The summed E-state index contributed by atoms with van der Waals surface area (Å²) >= 11 is 0. The average Bonchev–Trinajstić information content (AvgIpc) is 3.27. The Bertz CT molecular complexity index is 707. The van der Waals surface area contributed by atoms with E-state index < -0.39 is 0 Å². The number of amides is 1. The van der Waals surface area contributed by atoms with E-state index in [1.54, 1.807) is 6.26 Å². The first-order valence-corrected chi connectivity index (χ1v) is 9.41. The monoisotopic (exact) mass is 355 g/mol. The summed E-state index contributed by atoms with van der Waals surface area (Å²) in [5.74, 6) is 0.969. The Morgan fingerprint density at radius 3 is 2.50 bits per heavy atom. The molecule has 0 radical (unpaired) electrons. The second kappa shape index (κ2) is 7.67. The molecule has 0 atom stereocenters. The molecule has 0 spiro atoms. The van der Waals surface area contributed by atoms with Crippen molar-refractivity contribution in [3.05, 3.63) is 59.5 Å². The largest absolute Gasteiger partial charge is 0.467 e. The van der Waals surface area contributed by atoms with Gasteiger partial charge in [0.1, 0.15) is 12.4 Å². The lowest BCUT2D eigenvalue weighted by atomic mass is 9.85. The van der Waals surface area contributed by atoms with Gasteiger partial charge in [0, 0.05) is 13.2 Å². The van der Waals surface area contributed by atoms with E-state index in [4.69, 9.17) is 9.15 Å². The van der Waals surface area contributed by atoms with E-state index in [9.17, 15) is 4.79 Å². The summed E-state index contributed by atoms with van der Waals surface area (Å²) in [5.41, 5.74) is 2.25. The number of benzene rings is 1. The van der Waals surface area contributed by atoms with Crippen LogP contribution in [0.25, 0.3) is 0 Å². The molecule has 0 saturated heterocycles. The smallest absolute Gasteiger partial charge is 0.230 e. The third-order valence-electron chi connectivity index (χ3n) is 5.06. The van der Waals surface area contributed by atoms with Crippen molar-refractivity contribution in [2.45, 2.75) is 57.5 Å². The molecule has 1 saturated carbocycles. The molecule has 1 amide bonds. The lowest BCUT2D eigenvalue weighted by Crippen LogP contribution is -2.35. The van der Waals surface area contributed by atoms with Gasteiger partial charge in [0.05, 0.1) is 11.7 Å². The lowest BCUT2D eigenvalue weighted by Gasteiger charge is -2.21. The van der Waals surface area contributed by atoms with Gasteiger partial charge in [-0.15, -0.1) is 0 Å². The van der Waals surface area contributed by atoms with E-state index in [-0.39, 0.29) is 16.7 Å². The van der Waals surface area contributed by atoms with Gasteiger partial charge in [0.25, 0.3) is 0 Å². The van der Waals surface area contributed by atoms with Crippen molar-refractivity contribution in [1.29, 1.82) is 0 Å². The molecular formula is C22H29NO3. The zero-order valence-electron chi connectivity index (χ0n) is 16.0. The SMILES string of the molecule is CC(C)(C)c1ccc(C2(C(=O)NCCCOCc3ccco3)CC2)cc1. The molecule has 0 aliphatic heterocycles. The second-order valence-electron chi connectivity index (χ2n) is 8.15. The molecule has 1 aromatic carbocycles. The van der Waals surface area contributed by atoms with E-state index in [1.165, 1.54) is 5.56 Å².